The standard InChI is InChI=1S/C19H29BrN2O3/c1-3-11-25-19-16(20)12-15(13-17(19)24-4-2)14-21-8-6-10-22-9-5-7-18(22)23/h12-13,21H,3-11,14H2,1-2H3. The smallest absolute Gasteiger partial charge is 0.222 e. The maximum atomic E-state index is 11.6. The summed E-state index contributed by atoms with van der Waals surface area (Å²) in [6.45, 7) is 8.76. The monoisotopic (exact) mass is 412 g/mol. The van der Waals surface area contributed by atoms with Crippen LogP contribution in [-0.2, 0) is 11.3 Å². The third kappa shape index (κ3) is 6.19. The Hall–Kier alpha value is -1.27. The molecule has 0 aliphatic carbocycles. The van der Waals surface area contributed by atoms with Crippen LogP contribution in [0, 0.1) is 0 Å². The summed E-state index contributed by atoms with van der Waals surface area (Å²) < 4.78 is 12.5. The number of benzene rings is 1. The van der Waals surface area contributed by atoms with Crippen molar-refractivity contribution in [1.82, 2.24) is 10.2 Å². The van der Waals surface area contributed by atoms with Crippen molar-refractivity contribution in [3.63, 3.8) is 0 Å². The summed E-state index contributed by atoms with van der Waals surface area (Å²) >= 11 is 3.60. The van der Waals surface area contributed by atoms with E-state index in [1.54, 1.807) is 0 Å². The van der Waals surface area contributed by atoms with Gasteiger partial charge in [0.1, 0.15) is 0 Å². The zero-order valence-electron chi connectivity index (χ0n) is 15.3. The van der Waals surface area contributed by atoms with Gasteiger partial charge < -0.3 is 19.7 Å². The van der Waals surface area contributed by atoms with Crippen molar-refractivity contribution < 1.29 is 14.3 Å². The molecule has 5 nitrogen and oxygen atoms in total. The van der Waals surface area contributed by atoms with Crippen LogP contribution >= 0.6 is 15.9 Å². The molecule has 25 heavy (non-hydrogen) atoms. The highest BCUT2D eigenvalue weighted by Gasteiger charge is 2.18. The number of nitrogens with one attached hydrogen (secondary N) is 1. The zero-order valence-corrected chi connectivity index (χ0v) is 16.9. The van der Waals surface area contributed by atoms with Crippen LogP contribution in [0.2, 0.25) is 0 Å². The van der Waals surface area contributed by atoms with E-state index in [9.17, 15) is 4.79 Å². The second-order valence-corrected chi connectivity index (χ2v) is 7.06. The second-order valence-electron chi connectivity index (χ2n) is 6.20. The molecule has 0 bridgehead atoms. The minimum atomic E-state index is 0.299. The topological polar surface area (TPSA) is 50.8 Å². The number of carbonyl (C=O) groups is 1. The van der Waals surface area contributed by atoms with Crippen LogP contribution in [0.5, 0.6) is 11.5 Å². The van der Waals surface area contributed by atoms with Crippen molar-refractivity contribution in [1.29, 1.82) is 0 Å². The predicted molar refractivity (Wildman–Crippen MR) is 103 cm³/mol. The van der Waals surface area contributed by atoms with Gasteiger partial charge >= 0.3 is 0 Å². The fourth-order valence-corrected chi connectivity index (χ4v) is 3.50. The van der Waals surface area contributed by atoms with Gasteiger partial charge in [0, 0.05) is 26.1 Å². The molecule has 2 rings (SSSR count). The molecule has 140 valence electrons. The molecule has 1 saturated heterocycles. The number of amides is 1. The van der Waals surface area contributed by atoms with Gasteiger partial charge in [-0.2, -0.15) is 0 Å². The van der Waals surface area contributed by atoms with E-state index in [0.29, 0.717) is 25.5 Å². The number of nitrogens with zero attached hydrogens (tertiary/aromatic N) is 1. The van der Waals surface area contributed by atoms with Crippen molar-refractivity contribution in [3.8, 4) is 11.5 Å². The number of halogens is 1. The van der Waals surface area contributed by atoms with Gasteiger partial charge in [0.05, 0.1) is 17.7 Å². The first-order valence-corrected chi connectivity index (χ1v) is 10.0. The summed E-state index contributed by atoms with van der Waals surface area (Å²) in [7, 11) is 0. The summed E-state index contributed by atoms with van der Waals surface area (Å²) in [6.07, 6.45) is 3.66. The quantitative estimate of drug-likeness (QED) is 0.562. The van der Waals surface area contributed by atoms with Gasteiger partial charge in [-0.15, -0.1) is 0 Å². The lowest BCUT2D eigenvalue weighted by Gasteiger charge is -2.16. The van der Waals surface area contributed by atoms with Crippen LogP contribution in [0.25, 0.3) is 0 Å². The van der Waals surface area contributed by atoms with Crippen molar-refractivity contribution in [3.05, 3.63) is 22.2 Å². The van der Waals surface area contributed by atoms with E-state index in [2.05, 4.69) is 34.2 Å². The third-order valence-electron chi connectivity index (χ3n) is 4.10. The summed E-state index contributed by atoms with van der Waals surface area (Å²) in [5.41, 5.74) is 1.15. The lowest BCUT2D eigenvalue weighted by Crippen LogP contribution is -2.28. The zero-order chi connectivity index (χ0) is 18.1. The van der Waals surface area contributed by atoms with Gasteiger partial charge in [-0.05, 0) is 66.4 Å². The first kappa shape index (κ1) is 20.0. The molecule has 1 N–H and O–H groups in total. The van der Waals surface area contributed by atoms with E-state index in [4.69, 9.17) is 9.47 Å². The van der Waals surface area contributed by atoms with Crippen molar-refractivity contribution in [2.45, 2.75) is 46.1 Å². The SMILES string of the molecule is CCCOc1c(Br)cc(CNCCCN2CCCC2=O)cc1OCC. The highest BCUT2D eigenvalue weighted by atomic mass is 79.9. The number of hydrogen-bond acceptors (Lipinski definition) is 4. The summed E-state index contributed by atoms with van der Waals surface area (Å²) in [6, 6.07) is 4.11. The van der Waals surface area contributed by atoms with Gasteiger partial charge in [-0.25, -0.2) is 0 Å². The summed E-state index contributed by atoms with van der Waals surface area (Å²) in [5.74, 6) is 1.86. The fourth-order valence-electron chi connectivity index (χ4n) is 2.90. The van der Waals surface area contributed by atoms with Gasteiger partial charge in [-0.1, -0.05) is 6.92 Å². The van der Waals surface area contributed by atoms with Crippen LogP contribution in [0.3, 0.4) is 0 Å². The van der Waals surface area contributed by atoms with Crippen LogP contribution in [-0.4, -0.2) is 43.7 Å². The molecule has 1 aliphatic rings. The largest absolute Gasteiger partial charge is 0.490 e. The molecule has 1 fully saturated rings. The maximum absolute atomic E-state index is 11.6. The summed E-state index contributed by atoms with van der Waals surface area (Å²) in [4.78, 5) is 13.5. The Balaban J connectivity index is 1.83. The van der Waals surface area contributed by atoms with Crippen LogP contribution in [0.1, 0.15) is 45.1 Å². The van der Waals surface area contributed by atoms with E-state index in [1.165, 1.54) is 0 Å². The Morgan fingerprint density at radius 2 is 2.12 bits per heavy atom. The van der Waals surface area contributed by atoms with Gasteiger partial charge in [-0.3, -0.25) is 4.79 Å². The molecule has 0 atom stereocenters. The van der Waals surface area contributed by atoms with E-state index in [1.807, 2.05) is 17.9 Å². The molecule has 0 saturated carbocycles. The summed E-state index contributed by atoms with van der Waals surface area (Å²) in [5, 5.41) is 3.44. The average Bonchev–Trinajstić information content (AvgIpc) is 2.99. The molecule has 0 spiro atoms. The Morgan fingerprint density at radius 3 is 2.80 bits per heavy atom. The Kier molecular flexibility index (Phi) is 8.55. The van der Waals surface area contributed by atoms with Gasteiger partial charge in [0.2, 0.25) is 5.91 Å². The fraction of sp³-hybridized carbons (Fsp3) is 0.632. The predicted octanol–water partition coefficient (Wildman–Crippen LogP) is 3.74. The van der Waals surface area contributed by atoms with Gasteiger partial charge in [0.25, 0.3) is 0 Å². The number of ether oxygens (including phenoxy) is 2. The molecule has 1 aromatic rings. The second kappa shape index (κ2) is 10.7. The normalized spacial score (nSPS) is 14.2. The molecular formula is C19H29BrN2O3. The van der Waals surface area contributed by atoms with Crippen molar-refractivity contribution in [2.75, 3.05) is 32.8 Å². The first-order chi connectivity index (χ1) is 12.2. The highest BCUT2D eigenvalue weighted by Crippen LogP contribution is 2.37. The number of hydrogen-bond donors (Lipinski definition) is 1. The molecule has 1 amide bonds. The van der Waals surface area contributed by atoms with E-state index in [0.717, 1.165) is 67.0 Å². The molecule has 0 radical (unpaired) electrons. The van der Waals surface area contributed by atoms with Crippen molar-refractivity contribution >= 4 is 21.8 Å². The molecule has 1 heterocycles. The molecule has 0 unspecified atom stereocenters. The number of carbonyl (C=O) groups excluding carboxylic acids is 1. The first-order valence-electron chi connectivity index (χ1n) is 9.22. The number of rotatable bonds is 11. The van der Waals surface area contributed by atoms with Crippen LogP contribution in [0.15, 0.2) is 16.6 Å². The molecular weight excluding hydrogens is 384 g/mol. The Morgan fingerprint density at radius 1 is 1.28 bits per heavy atom. The number of likely N-dealkylation sites (tertiary alicyclic amines) is 1. The minimum absolute atomic E-state index is 0.299. The highest BCUT2D eigenvalue weighted by molar-refractivity contribution is 9.10. The van der Waals surface area contributed by atoms with E-state index < -0.39 is 0 Å². The Bertz CT molecular complexity index is 566. The van der Waals surface area contributed by atoms with Crippen LogP contribution in [0.4, 0.5) is 0 Å². The average molecular weight is 413 g/mol. The van der Waals surface area contributed by atoms with E-state index in [-0.39, 0.29) is 0 Å². The molecule has 1 aromatic carbocycles. The lowest BCUT2D eigenvalue weighted by atomic mass is 10.2. The third-order valence-corrected chi connectivity index (χ3v) is 4.69. The van der Waals surface area contributed by atoms with E-state index >= 15 is 0 Å². The van der Waals surface area contributed by atoms with Crippen LogP contribution < -0.4 is 14.8 Å². The van der Waals surface area contributed by atoms with Crippen molar-refractivity contribution in [2.24, 2.45) is 0 Å². The molecule has 1 aliphatic heterocycles. The minimum Gasteiger partial charge on any atom is -0.490 e. The Labute approximate surface area is 159 Å². The lowest BCUT2D eigenvalue weighted by molar-refractivity contribution is -0.127. The molecule has 0 aromatic heterocycles. The molecule has 6 heteroatoms. The van der Waals surface area contributed by atoms with Gasteiger partial charge in [0.15, 0.2) is 11.5 Å². The maximum Gasteiger partial charge on any atom is 0.222 e.